The lowest BCUT2D eigenvalue weighted by Crippen LogP contribution is -2.11. The van der Waals surface area contributed by atoms with Gasteiger partial charge >= 0.3 is 0 Å². The van der Waals surface area contributed by atoms with Gasteiger partial charge in [-0.05, 0) is 55.0 Å². The average molecular weight is 261 g/mol. The van der Waals surface area contributed by atoms with Gasteiger partial charge in [-0.25, -0.2) is 4.39 Å². The van der Waals surface area contributed by atoms with Crippen molar-refractivity contribution < 1.29 is 4.39 Å². The van der Waals surface area contributed by atoms with Crippen LogP contribution in [0.2, 0.25) is 0 Å². The van der Waals surface area contributed by atoms with Crippen molar-refractivity contribution in [2.24, 2.45) is 5.73 Å². The third kappa shape index (κ3) is 2.33. The number of nitrogens with two attached hydrogens (primary N) is 1. The molecule has 94 valence electrons. The van der Waals surface area contributed by atoms with Crippen molar-refractivity contribution in [1.82, 2.24) is 0 Å². The number of rotatable bonds is 3. The molecule has 1 aliphatic rings. The molecule has 1 atom stereocenters. The SMILES string of the molecule is NC(Cc1cccc(F)c1)c1cc2c(s1)CCC2. The highest BCUT2D eigenvalue weighted by Gasteiger charge is 2.18. The average Bonchev–Trinajstić information content (AvgIpc) is 2.88. The van der Waals surface area contributed by atoms with Gasteiger partial charge in [0.05, 0.1) is 0 Å². The number of hydrogen-bond acceptors (Lipinski definition) is 2. The van der Waals surface area contributed by atoms with Crippen LogP contribution in [-0.4, -0.2) is 0 Å². The van der Waals surface area contributed by atoms with Crippen LogP contribution in [0, 0.1) is 5.82 Å². The highest BCUT2D eigenvalue weighted by Crippen LogP contribution is 2.34. The number of thiophene rings is 1. The maximum atomic E-state index is 13.1. The van der Waals surface area contributed by atoms with Crippen molar-refractivity contribution in [2.45, 2.75) is 31.7 Å². The molecule has 18 heavy (non-hydrogen) atoms. The van der Waals surface area contributed by atoms with E-state index in [1.54, 1.807) is 12.1 Å². The molecule has 0 aliphatic heterocycles. The highest BCUT2D eigenvalue weighted by atomic mass is 32.1. The molecule has 2 aromatic rings. The molecule has 1 nitrogen and oxygen atoms in total. The van der Waals surface area contributed by atoms with Crippen LogP contribution in [0.5, 0.6) is 0 Å². The summed E-state index contributed by atoms with van der Waals surface area (Å²) >= 11 is 1.83. The molecule has 1 aliphatic carbocycles. The number of fused-ring (bicyclic) bond motifs is 1. The summed E-state index contributed by atoms with van der Waals surface area (Å²) in [4.78, 5) is 2.74. The van der Waals surface area contributed by atoms with Gasteiger partial charge < -0.3 is 5.73 Å². The molecule has 1 aromatic heterocycles. The summed E-state index contributed by atoms with van der Waals surface area (Å²) in [7, 11) is 0. The van der Waals surface area contributed by atoms with E-state index in [-0.39, 0.29) is 11.9 Å². The summed E-state index contributed by atoms with van der Waals surface area (Å²) in [5.41, 5.74) is 8.67. The molecule has 0 amide bonds. The van der Waals surface area contributed by atoms with E-state index in [0.717, 1.165) is 5.56 Å². The van der Waals surface area contributed by atoms with Crippen LogP contribution in [0.4, 0.5) is 4.39 Å². The quantitative estimate of drug-likeness (QED) is 0.897. The summed E-state index contributed by atoms with van der Waals surface area (Å²) in [5.74, 6) is -0.187. The second-order valence-corrected chi connectivity index (χ2v) is 6.06. The maximum Gasteiger partial charge on any atom is 0.123 e. The maximum absolute atomic E-state index is 13.1. The second-order valence-electron chi connectivity index (χ2n) is 4.89. The largest absolute Gasteiger partial charge is 0.323 e. The van der Waals surface area contributed by atoms with Crippen LogP contribution in [0.25, 0.3) is 0 Å². The van der Waals surface area contributed by atoms with E-state index in [2.05, 4.69) is 6.07 Å². The Labute approximate surface area is 110 Å². The molecule has 3 rings (SSSR count). The van der Waals surface area contributed by atoms with E-state index in [0.29, 0.717) is 6.42 Å². The molecule has 0 bridgehead atoms. The summed E-state index contributed by atoms with van der Waals surface area (Å²) < 4.78 is 13.1. The Kier molecular flexibility index (Phi) is 3.18. The fraction of sp³-hybridized carbons (Fsp3) is 0.333. The summed E-state index contributed by atoms with van der Waals surface area (Å²) in [5, 5.41) is 0. The van der Waals surface area contributed by atoms with E-state index >= 15 is 0 Å². The van der Waals surface area contributed by atoms with Crippen LogP contribution < -0.4 is 5.73 Å². The first-order valence-corrected chi connectivity index (χ1v) is 7.15. The van der Waals surface area contributed by atoms with Crippen molar-refractivity contribution in [2.75, 3.05) is 0 Å². The Morgan fingerprint density at radius 3 is 2.94 bits per heavy atom. The fourth-order valence-electron chi connectivity index (χ4n) is 2.55. The summed E-state index contributed by atoms with van der Waals surface area (Å²) in [6, 6.07) is 8.95. The summed E-state index contributed by atoms with van der Waals surface area (Å²) in [6.45, 7) is 0. The lowest BCUT2D eigenvalue weighted by atomic mass is 10.0. The van der Waals surface area contributed by atoms with Gasteiger partial charge in [-0.15, -0.1) is 11.3 Å². The topological polar surface area (TPSA) is 26.0 Å². The molecule has 0 radical (unpaired) electrons. The van der Waals surface area contributed by atoms with Gasteiger partial charge in [-0.3, -0.25) is 0 Å². The molecule has 0 spiro atoms. The smallest absolute Gasteiger partial charge is 0.123 e. The van der Waals surface area contributed by atoms with Crippen molar-refractivity contribution in [3.8, 4) is 0 Å². The molecule has 0 fully saturated rings. The molecule has 1 aromatic carbocycles. The van der Waals surface area contributed by atoms with Crippen LogP contribution in [-0.2, 0) is 19.3 Å². The Morgan fingerprint density at radius 2 is 2.17 bits per heavy atom. The first-order valence-electron chi connectivity index (χ1n) is 6.34. The normalized spacial score (nSPS) is 15.7. The second kappa shape index (κ2) is 4.82. The van der Waals surface area contributed by atoms with Crippen molar-refractivity contribution in [3.63, 3.8) is 0 Å². The predicted molar refractivity (Wildman–Crippen MR) is 73.4 cm³/mol. The molecule has 0 saturated heterocycles. The number of halogens is 1. The molecule has 1 heterocycles. The van der Waals surface area contributed by atoms with Gasteiger partial charge in [0, 0.05) is 15.8 Å². The molecular weight excluding hydrogens is 245 g/mol. The zero-order chi connectivity index (χ0) is 12.5. The van der Waals surface area contributed by atoms with Gasteiger partial charge in [-0.2, -0.15) is 0 Å². The molecule has 2 N–H and O–H groups in total. The first kappa shape index (κ1) is 11.9. The third-order valence-electron chi connectivity index (χ3n) is 3.48. The minimum absolute atomic E-state index is 0.0117. The highest BCUT2D eigenvalue weighted by molar-refractivity contribution is 7.12. The minimum atomic E-state index is -0.187. The Morgan fingerprint density at radius 1 is 1.28 bits per heavy atom. The lowest BCUT2D eigenvalue weighted by Gasteiger charge is -2.09. The van der Waals surface area contributed by atoms with Crippen LogP contribution in [0.1, 0.15) is 33.3 Å². The lowest BCUT2D eigenvalue weighted by molar-refractivity contribution is 0.622. The molecule has 3 heteroatoms. The van der Waals surface area contributed by atoms with Gasteiger partial charge in [0.1, 0.15) is 5.82 Å². The van der Waals surface area contributed by atoms with E-state index in [9.17, 15) is 4.39 Å². The Balaban J connectivity index is 1.76. The van der Waals surface area contributed by atoms with Gasteiger partial charge in [0.25, 0.3) is 0 Å². The van der Waals surface area contributed by atoms with E-state index in [1.165, 1.54) is 40.6 Å². The zero-order valence-corrected chi connectivity index (χ0v) is 11.0. The predicted octanol–water partition coefficient (Wildman–Crippen LogP) is 3.62. The third-order valence-corrected chi connectivity index (χ3v) is 4.84. The summed E-state index contributed by atoms with van der Waals surface area (Å²) in [6.07, 6.45) is 4.38. The van der Waals surface area contributed by atoms with Crippen molar-refractivity contribution in [1.29, 1.82) is 0 Å². The standard InChI is InChI=1S/C15H16FNS/c16-12-5-1-3-10(7-12)8-13(17)15-9-11-4-2-6-14(11)18-15/h1,3,5,7,9,13H,2,4,6,8,17H2. The fourth-order valence-corrected chi connectivity index (χ4v) is 3.81. The molecule has 0 saturated carbocycles. The van der Waals surface area contributed by atoms with Gasteiger partial charge in [0.2, 0.25) is 0 Å². The van der Waals surface area contributed by atoms with Crippen LogP contribution in [0.15, 0.2) is 30.3 Å². The van der Waals surface area contributed by atoms with E-state index in [4.69, 9.17) is 5.73 Å². The molecule has 1 unspecified atom stereocenters. The molecular formula is C15H16FNS. The van der Waals surface area contributed by atoms with Gasteiger partial charge in [0.15, 0.2) is 0 Å². The number of hydrogen-bond donors (Lipinski definition) is 1. The van der Waals surface area contributed by atoms with E-state index < -0.39 is 0 Å². The first-order chi connectivity index (χ1) is 8.72. The van der Waals surface area contributed by atoms with Crippen molar-refractivity contribution >= 4 is 11.3 Å². The van der Waals surface area contributed by atoms with E-state index in [1.807, 2.05) is 17.4 Å². The monoisotopic (exact) mass is 261 g/mol. The van der Waals surface area contributed by atoms with Crippen molar-refractivity contribution in [3.05, 3.63) is 57.0 Å². The van der Waals surface area contributed by atoms with Crippen LogP contribution in [0.3, 0.4) is 0 Å². The minimum Gasteiger partial charge on any atom is -0.323 e. The number of benzene rings is 1. The Hall–Kier alpha value is -1.19. The number of aryl methyl sites for hydroxylation is 2. The van der Waals surface area contributed by atoms with Gasteiger partial charge in [-0.1, -0.05) is 12.1 Å². The Bertz CT molecular complexity index is 540. The van der Waals surface area contributed by atoms with Crippen LogP contribution >= 0.6 is 11.3 Å². The zero-order valence-electron chi connectivity index (χ0n) is 10.2.